The van der Waals surface area contributed by atoms with Crippen LogP contribution in [-0.4, -0.2) is 26.3 Å². The van der Waals surface area contributed by atoms with E-state index in [4.69, 9.17) is 0 Å². The summed E-state index contributed by atoms with van der Waals surface area (Å²) in [7, 11) is 0. The second kappa shape index (κ2) is 5.63. The van der Waals surface area contributed by atoms with Gasteiger partial charge in [0.15, 0.2) is 0 Å². The summed E-state index contributed by atoms with van der Waals surface area (Å²) in [5.41, 5.74) is 1.23. The lowest BCUT2D eigenvalue weighted by Crippen LogP contribution is -2.23. The smallest absolute Gasteiger partial charge is 0.123 e. The van der Waals surface area contributed by atoms with Crippen molar-refractivity contribution in [1.82, 2.24) is 25.1 Å². The van der Waals surface area contributed by atoms with E-state index in [0.29, 0.717) is 0 Å². The SMILES string of the molecule is CCNC(Cc1cnn(CC)c1)c1ncc[nH]1. The average molecular weight is 233 g/mol. The number of nitrogens with one attached hydrogen (secondary N) is 2. The van der Waals surface area contributed by atoms with Gasteiger partial charge in [0, 0.05) is 25.1 Å². The van der Waals surface area contributed by atoms with Crippen molar-refractivity contribution in [2.24, 2.45) is 0 Å². The van der Waals surface area contributed by atoms with Gasteiger partial charge in [0.2, 0.25) is 0 Å². The highest BCUT2D eigenvalue weighted by molar-refractivity contribution is 5.10. The van der Waals surface area contributed by atoms with Crippen molar-refractivity contribution < 1.29 is 0 Å². The van der Waals surface area contributed by atoms with Crippen molar-refractivity contribution in [3.05, 3.63) is 36.2 Å². The Kier molecular flexibility index (Phi) is 3.93. The number of nitrogens with zero attached hydrogens (tertiary/aromatic N) is 3. The van der Waals surface area contributed by atoms with Crippen molar-refractivity contribution in [3.63, 3.8) is 0 Å². The molecule has 2 heterocycles. The molecule has 0 saturated heterocycles. The molecule has 2 N–H and O–H groups in total. The summed E-state index contributed by atoms with van der Waals surface area (Å²) in [5, 5.41) is 7.72. The quantitative estimate of drug-likeness (QED) is 0.795. The molecule has 0 saturated carbocycles. The molecule has 0 aliphatic rings. The normalized spacial score (nSPS) is 12.8. The minimum absolute atomic E-state index is 0.226. The van der Waals surface area contributed by atoms with Crippen LogP contribution in [0.1, 0.15) is 31.3 Å². The third-order valence-corrected chi connectivity index (χ3v) is 2.75. The summed E-state index contributed by atoms with van der Waals surface area (Å²) in [6.45, 7) is 6.02. The second-order valence-corrected chi connectivity index (χ2v) is 3.99. The van der Waals surface area contributed by atoms with Gasteiger partial charge in [-0.2, -0.15) is 5.10 Å². The Balaban J connectivity index is 2.07. The number of rotatable bonds is 6. The first-order valence-electron chi connectivity index (χ1n) is 6.07. The number of hydrogen-bond acceptors (Lipinski definition) is 3. The molecule has 2 aromatic heterocycles. The molecule has 0 aliphatic heterocycles. The highest BCUT2D eigenvalue weighted by Gasteiger charge is 2.14. The van der Waals surface area contributed by atoms with Crippen LogP contribution in [0.15, 0.2) is 24.8 Å². The molecule has 0 aromatic carbocycles. The van der Waals surface area contributed by atoms with Crippen LogP contribution in [0.25, 0.3) is 0 Å². The lowest BCUT2D eigenvalue weighted by atomic mass is 10.1. The van der Waals surface area contributed by atoms with E-state index in [1.54, 1.807) is 6.20 Å². The number of imidazole rings is 1. The second-order valence-electron chi connectivity index (χ2n) is 3.99. The van der Waals surface area contributed by atoms with Gasteiger partial charge in [-0.25, -0.2) is 4.98 Å². The first-order valence-corrected chi connectivity index (χ1v) is 6.07. The number of aromatic nitrogens is 4. The maximum absolute atomic E-state index is 4.31. The number of H-pyrrole nitrogens is 1. The molecular formula is C12H19N5. The molecule has 0 radical (unpaired) electrons. The van der Waals surface area contributed by atoms with Crippen LogP contribution in [0.2, 0.25) is 0 Å². The molecule has 0 bridgehead atoms. The average Bonchev–Trinajstić information content (AvgIpc) is 2.99. The third kappa shape index (κ3) is 2.94. The Labute approximate surface area is 101 Å². The first kappa shape index (κ1) is 11.9. The van der Waals surface area contributed by atoms with Gasteiger partial charge in [-0.1, -0.05) is 6.92 Å². The van der Waals surface area contributed by atoms with Crippen LogP contribution in [0.4, 0.5) is 0 Å². The van der Waals surface area contributed by atoms with Crippen molar-refractivity contribution in [3.8, 4) is 0 Å². The van der Waals surface area contributed by atoms with E-state index in [1.807, 2.05) is 17.1 Å². The summed E-state index contributed by atoms with van der Waals surface area (Å²) in [4.78, 5) is 7.48. The molecule has 0 aliphatic carbocycles. The molecule has 0 spiro atoms. The molecular weight excluding hydrogens is 214 g/mol. The largest absolute Gasteiger partial charge is 0.347 e. The number of hydrogen-bond donors (Lipinski definition) is 2. The van der Waals surface area contributed by atoms with E-state index in [1.165, 1.54) is 5.56 Å². The van der Waals surface area contributed by atoms with Gasteiger partial charge < -0.3 is 10.3 Å². The highest BCUT2D eigenvalue weighted by atomic mass is 15.3. The van der Waals surface area contributed by atoms with Crippen LogP contribution >= 0.6 is 0 Å². The predicted octanol–water partition coefficient (Wildman–Crippen LogP) is 1.52. The first-order chi connectivity index (χ1) is 8.33. The van der Waals surface area contributed by atoms with Crippen molar-refractivity contribution >= 4 is 0 Å². The number of aryl methyl sites for hydroxylation is 1. The van der Waals surface area contributed by atoms with E-state index in [2.05, 4.69) is 40.4 Å². The molecule has 92 valence electrons. The van der Waals surface area contributed by atoms with Crippen molar-refractivity contribution in [2.75, 3.05) is 6.54 Å². The summed E-state index contributed by atoms with van der Waals surface area (Å²) >= 11 is 0. The Morgan fingerprint density at radius 1 is 1.47 bits per heavy atom. The zero-order chi connectivity index (χ0) is 12.1. The molecule has 2 rings (SSSR count). The number of likely N-dealkylation sites (N-methyl/N-ethyl adjacent to an activating group) is 1. The zero-order valence-corrected chi connectivity index (χ0v) is 10.3. The Morgan fingerprint density at radius 2 is 2.35 bits per heavy atom. The van der Waals surface area contributed by atoms with E-state index < -0.39 is 0 Å². The van der Waals surface area contributed by atoms with Crippen molar-refractivity contribution in [1.29, 1.82) is 0 Å². The van der Waals surface area contributed by atoms with Gasteiger partial charge >= 0.3 is 0 Å². The van der Waals surface area contributed by atoms with E-state index in [-0.39, 0.29) is 6.04 Å². The number of aromatic amines is 1. The lowest BCUT2D eigenvalue weighted by molar-refractivity contribution is 0.525. The highest BCUT2D eigenvalue weighted by Crippen LogP contribution is 2.14. The fourth-order valence-electron chi connectivity index (χ4n) is 1.90. The zero-order valence-electron chi connectivity index (χ0n) is 10.3. The maximum atomic E-state index is 4.31. The minimum atomic E-state index is 0.226. The van der Waals surface area contributed by atoms with Gasteiger partial charge in [-0.3, -0.25) is 4.68 Å². The van der Waals surface area contributed by atoms with Gasteiger partial charge in [0.1, 0.15) is 5.82 Å². The molecule has 1 unspecified atom stereocenters. The maximum Gasteiger partial charge on any atom is 0.123 e. The fraction of sp³-hybridized carbons (Fsp3) is 0.500. The summed E-state index contributed by atoms with van der Waals surface area (Å²) in [6, 6.07) is 0.226. The van der Waals surface area contributed by atoms with Gasteiger partial charge in [0.05, 0.1) is 12.2 Å². The van der Waals surface area contributed by atoms with Gasteiger partial charge in [-0.05, 0) is 25.5 Å². The molecule has 5 nitrogen and oxygen atoms in total. The Hall–Kier alpha value is -1.62. The van der Waals surface area contributed by atoms with Crippen LogP contribution in [-0.2, 0) is 13.0 Å². The third-order valence-electron chi connectivity index (χ3n) is 2.75. The lowest BCUT2D eigenvalue weighted by Gasteiger charge is -2.14. The Morgan fingerprint density at radius 3 is 2.94 bits per heavy atom. The van der Waals surface area contributed by atoms with Crippen molar-refractivity contribution in [2.45, 2.75) is 32.9 Å². The van der Waals surface area contributed by atoms with Gasteiger partial charge in [0.25, 0.3) is 0 Å². The summed E-state index contributed by atoms with van der Waals surface area (Å²) < 4.78 is 1.94. The molecule has 17 heavy (non-hydrogen) atoms. The minimum Gasteiger partial charge on any atom is -0.347 e. The monoisotopic (exact) mass is 233 g/mol. The van der Waals surface area contributed by atoms with E-state index in [9.17, 15) is 0 Å². The molecule has 1 atom stereocenters. The van der Waals surface area contributed by atoms with Crippen LogP contribution < -0.4 is 5.32 Å². The molecule has 0 amide bonds. The Bertz CT molecular complexity index is 431. The topological polar surface area (TPSA) is 58.5 Å². The van der Waals surface area contributed by atoms with Crippen LogP contribution in [0.5, 0.6) is 0 Å². The fourth-order valence-corrected chi connectivity index (χ4v) is 1.90. The molecule has 5 heteroatoms. The summed E-state index contributed by atoms with van der Waals surface area (Å²) in [6.07, 6.45) is 8.57. The standard InChI is InChI=1S/C12H19N5/c1-3-13-11(12-14-5-6-15-12)7-10-8-16-17(4-2)9-10/h5-6,8-9,11,13H,3-4,7H2,1-2H3,(H,14,15). The van der Waals surface area contributed by atoms with E-state index in [0.717, 1.165) is 25.3 Å². The summed E-state index contributed by atoms with van der Waals surface area (Å²) in [5.74, 6) is 0.982. The van der Waals surface area contributed by atoms with Crippen LogP contribution in [0.3, 0.4) is 0 Å². The van der Waals surface area contributed by atoms with Gasteiger partial charge in [-0.15, -0.1) is 0 Å². The van der Waals surface area contributed by atoms with Crippen LogP contribution in [0, 0.1) is 0 Å². The van der Waals surface area contributed by atoms with E-state index >= 15 is 0 Å². The molecule has 2 aromatic rings. The molecule has 0 fully saturated rings. The predicted molar refractivity (Wildman–Crippen MR) is 66.6 cm³/mol.